The maximum Gasteiger partial charge on any atom is 0.216 e. The molecule has 2 heterocycles. The fraction of sp³-hybridized carbons (Fsp3) is 0.444. The zero-order chi connectivity index (χ0) is 17.8. The summed E-state index contributed by atoms with van der Waals surface area (Å²) >= 11 is 0. The molecule has 0 bridgehead atoms. The summed E-state index contributed by atoms with van der Waals surface area (Å²) in [4.78, 5) is 0. The summed E-state index contributed by atoms with van der Waals surface area (Å²) in [5.41, 5.74) is 2.54. The fourth-order valence-corrected chi connectivity index (χ4v) is 3.61. The molecule has 8 nitrogen and oxygen atoms in total. The smallest absolute Gasteiger partial charge is 0.216 e. The summed E-state index contributed by atoms with van der Waals surface area (Å²) in [5, 5.41) is 25.7. The van der Waals surface area contributed by atoms with E-state index in [1.54, 1.807) is 6.20 Å². The van der Waals surface area contributed by atoms with Crippen molar-refractivity contribution in [2.24, 2.45) is 0 Å². The number of allylic oxidation sites excluding steroid dienone is 1. The van der Waals surface area contributed by atoms with E-state index in [1.807, 2.05) is 12.1 Å². The Morgan fingerprint density at radius 2 is 1.96 bits per heavy atom. The van der Waals surface area contributed by atoms with Crippen LogP contribution in [-0.2, 0) is 9.47 Å². The number of nitrogens with zero attached hydrogens (tertiary/aromatic N) is 4. The maximum atomic E-state index is 9.18. The van der Waals surface area contributed by atoms with Crippen LogP contribution < -0.4 is 5.32 Å². The molecule has 4 rings (SSSR count). The van der Waals surface area contributed by atoms with Gasteiger partial charge in [0.2, 0.25) is 5.82 Å². The number of tetrazole rings is 1. The van der Waals surface area contributed by atoms with Gasteiger partial charge in [-0.05, 0) is 41.7 Å². The van der Waals surface area contributed by atoms with Gasteiger partial charge in [0.15, 0.2) is 5.79 Å². The van der Waals surface area contributed by atoms with Crippen LogP contribution in [0.25, 0.3) is 5.57 Å². The monoisotopic (exact) mass is 352 g/mol. The number of aromatic nitrogens is 4. The van der Waals surface area contributed by atoms with Gasteiger partial charge in [0.05, 0.1) is 13.2 Å². The van der Waals surface area contributed by atoms with Crippen LogP contribution in [0.3, 0.4) is 0 Å². The predicted octanol–water partition coefficient (Wildman–Crippen LogP) is 2.58. The number of hydrogen-bond acceptors (Lipinski definition) is 7. The van der Waals surface area contributed by atoms with Gasteiger partial charge < -0.3 is 14.8 Å². The highest BCUT2D eigenvalue weighted by Gasteiger charge is 2.40. The Bertz CT molecular complexity index is 793. The number of hydrogen-bond donors (Lipinski definition) is 2. The van der Waals surface area contributed by atoms with Gasteiger partial charge in [-0.25, -0.2) is 0 Å². The third-order valence-corrected chi connectivity index (χ3v) is 5.03. The van der Waals surface area contributed by atoms with Crippen LogP contribution in [0.5, 0.6) is 0 Å². The number of H-pyrrole nitrogens is 1. The van der Waals surface area contributed by atoms with E-state index in [-0.39, 0.29) is 11.6 Å². The standard InChI is InChI=1S/C18H20N6O2/c19-11-15(17-21-23-24-22-17)12-20-16-3-1-13(2-4-16)14-5-7-18(8-6-14)25-9-10-26-18/h1-4,12,14,20H,5-10H2,(H,21,22,23,24). The molecule has 8 heteroatoms. The molecule has 1 aromatic carbocycles. The van der Waals surface area contributed by atoms with Crippen molar-refractivity contribution in [1.82, 2.24) is 20.6 Å². The molecule has 2 aliphatic rings. The van der Waals surface area contributed by atoms with E-state index in [0.29, 0.717) is 24.7 Å². The second-order valence-electron chi connectivity index (χ2n) is 6.55. The van der Waals surface area contributed by atoms with E-state index in [0.717, 1.165) is 31.4 Å². The molecule has 1 saturated heterocycles. The Kier molecular flexibility index (Phi) is 4.65. The Balaban J connectivity index is 1.37. The topological polar surface area (TPSA) is 109 Å². The minimum Gasteiger partial charge on any atom is -0.360 e. The summed E-state index contributed by atoms with van der Waals surface area (Å²) in [6, 6.07) is 10.4. The highest BCUT2D eigenvalue weighted by atomic mass is 16.7. The molecule has 0 atom stereocenters. The van der Waals surface area contributed by atoms with Crippen molar-refractivity contribution >= 4 is 11.3 Å². The van der Waals surface area contributed by atoms with Crippen LogP contribution in [0, 0.1) is 11.3 Å². The lowest BCUT2D eigenvalue weighted by Gasteiger charge is -2.35. The lowest BCUT2D eigenvalue weighted by molar-refractivity contribution is -0.178. The molecule has 134 valence electrons. The van der Waals surface area contributed by atoms with E-state index >= 15 is 0 Å². The van der Waals surface area contributed by atoms with E-state index in [4.69, 9.17) is 9.47 Å². The predicted molar refractivity (Wildman–Crippen MR) is 93.7 cm³/mol. The maximum absolute atomic E-state index is 9.18. The van der Waals surface area contributed by atoms with Gasteiger partial charge in [0.25, 0.3) is 0 Å². The first-order valence-electron chi connectivity index (χ1n) is 8.76. The molecular formula is C18H20N6O2. The number of benzene rings is 1. The molecule has 0 radical (unpaired) electrons. The highest BCUT2D eigenvalue weighted by molar-refractivity contribution is 5.73. The van der Waals surface area contributed by atoms with Crippen LogP contribution in [-0.4, -0.2) is 39.6 Å². The number of nitrogens with one attached hydrogen (secondary N) is 2. The minimum atomic E-state index is -0.314. The van der Waals surface area contributed by atoms with Gasteiger partial charge >= 0.3 is 0 Å². The first-order chi connectivity index (χ1) is 12.8. The number of nitriles is 1. The third-order valence-electron chi connectivity index (χ3n) is 5.03. The van der Waals surface area contributed by atoms with Gasteiger partial charge in [0.1, 0.15) is 11.6 Å². The van der Waals surface area contributed by atoms with E-state index in [1.165, 1.54) is 5.56 Å². The normalized spacial score (nSPS) is 20.2. The zero-order valence-electron chi connectivity index (χ0n) is 14.3. The molecule has 1 aliphatic heterocycles. The van der Waals surface area contributed by atoms with Crippen molar-refractivity contribution < 1.29 is 9.47 Å². The molecule has 2 fully saturated rings. The molecule has 2 N–H and O–H groups in total. The van der Waals surface area contributed by atoms with Crippen molar-refractivity contribution in [3.8, 4) is 6.07 Å². The van der Waals surface area contributed by atoms with Crippen LogP contribution >= 0.6 is 0 Å². The van der Waals surface area contributed by atoms with Gasteiger partial charge in [-0.15, -0.1) is 10.2 Å². The SMILES string of the molecule is N#CC(=CNc1ccc(C2CCC3(CC2)OCCO3)cc1)c1nn[nH]n1. The molecular weight excluding hydrogens is 332 g/mol. The first kappa shape index (κ1) is 16.7. The number of anilines is 1. The van der Waals surface area contributed by atoms with Crippen LogP contribution in [0.2, 0.25) is 0 Å². The summed E-state index contributed by atoms with van der Waals surface area (Å²) < 4.78 is 11.6. The molecule has 26 heavy (non-hydrogen) atoms. The number of aromatic amines is 1. The summed E-state index contributed by atoms with van der Waals surface area (Å²) in [6.07, 6.45) is 5.64. The van der Waals surface area contributed by atoms with Crippen molar-refractivity contribution in [1.29, 1.82) is 5.26 Å². The van der Waals surface area contributed by atoms with Gasteiger partial charge in [-0.1, -0.05) is 12.1 Å². The molecule has 0 unspecified atom stereocenters. The quantitative estimate of drug-likeness (QED) is 0.814. The number of ether oxygens (including phenoxy) is 2. The average Bonchev–Trinajstić information content (AvgIpc) is 3.37. The zero-order valence-corrected chi connectivity index (χ0v) is 14.3. The van der Waals surface area contributed by atoms with Crippen LogP contribution in [0.1, 0.15) is 43.0 Å². The molecule has 1 saturated carbocycles. The van der Waals surface area contributed by atoms with Crippen molar-refractivity contribution in [2.75, 3.05) is 18.5 Å². The van der Waals surface area contributed by atoms with Crippen molar-refractivity contribution in [2.45, 2.75) is 37.4 Å². The first-order valence-corrected chi connectivity index (χ1v) is 8.76. The highest BCUT2D eigenvalue weighted by Crippen LogP contribution is 2.42. The Morgan fingerprint density at radius 3 is 2.58 bits per heavy atom. The van der Waals surface area contributed by atoms with Gasteiger partial charge in [-0.2, -0.15) is 10.5 Å². The van der Waals surface area contributed by atoms with Crippen molar-refractivity contribution in [3.05, 3.63) is 41.9 Å². The minimum absolute atomic E-state index is 0.268. The van der Waals surface area contributed by atoms with E-state index in [2.05, 4.69) is 44.1 Å². The molecule has 1 aromatic heterocycles. The van der Waals surface area contributed by atoms with E-state index < -0.39 is 0 Å². The summed E-state index contributed by atoms with van der Waals surface area (Å²) in [6.45, 7) is 1.43. The van der Waals surface area contributed by atoms with Crippen LogP contribution in [0.4, 0.5) is 5.69 Å². The summed E-state index contributed by atoms with van der Waals surface area (Å²) in [7, 11) is 0. The largest absolute Gasteiger partial charge is 0.360 e. The average molecular weight is 352 g/mol. The second kappa shape index (κ2) is 7.23. The van der Waals surface area contributed by atoms with Crippen LogP contribution in [0.15, 0.2) is 30.5 Å². The van der Waals surface area contributed by atoms with Gasteiger partial charge in [-0.3, -0.25) is 0 Å². The summed E-state index contributed by atoms with van der Waals surface area (Å²) in [5.74, 6) is 0.488. The number of rotatable bonds is 4. The lowest BCUT2D eigenvalue weighted by atomic mass is 9.81. The third kappa shape index (κ3) is 3.45. The van der Waals surface area contributed by atoms with Gasteiger partial charge in [0, 0.05) is 24.7 Å². The fourth-order valence-electron chi connectivity index (χ4n) is 3.61. The Hall–Kier alpha value is -2.76. The lowest BCUT2D eigenvalue weighted by Crippen LogP contribution is -2.34. The molecule has 1 spiro atoms. The molecule has 0 amide bonds. The Labute approximate surface area is 151 Å². The second-order valence-corrected chi connectivity index (χ2v) is 6.55. The Morgan fingerprint density at radius 1 is 1.23 bits per heavy atom. The molecule has 1 aliphatic carbocycles. The molecule has 2 aromatic rings. The van der Waals surface area contributed by atoms with Crippen molar-refractivity contribution in [3.63, 3.8) is 0 Å². The van der Waals surface area contributed by atoms with E-state index in [9.17, 15) is 5.26 Å².